The lowest BCUT2D eigenvalue weighted by atomic mass is 10.1. The Hall–Kier alpha value is -0.240. The van der Waals surface area contributed by atoms with Crippen LogP contribution < -0.4 is 0 Å². The minimum atomic E-state index is -0.707. The van der Waals surface area contributed by atoms with Gasteiger partial charge in [-0.15, -0.1) is 16.4 Å². The Kier molecular flexibility index (Phi) is 3.24. The van der Waals surface area contributed by atoms with Crippen LogP contribution in [0.15, 0.2) is 19.8 Å². The fourth-order valence-electron chi connectivity index (χ4n) is 1.25. The molecule has 0 aliphatic carbocycles. The molecule has 2 rings (SSSR count). The van der Waals surface area contributed by atoms with Crippen LogP contribution in [0.4, 0.5) is 0 Å². The van der Waals surface area contributed by atoms with Gasteiger partial charge in [0.1, 0.15) is 11.8 Å². The van der Waals surface area contributed by atoms with Gasteiger partial charge in [-0.25, -0.2) is 4.68 Å². The molecule has 2 aromatic rings. The largest absolute Gasteiger partial charge is 0.382 e. The molecule has 0 saturated carbocycles. The van der Waals surface area contributed by atoms with Crippen molar-refractivity contribution in [3.05, 3.63) is 31.1 Å². The van der Waals surface area contributed by atoms with Gasteiger partial charge < -0.3 is 5.11 Å². The van der Waals surface area contributed by atoms with E-state index >= 15 is 0 Å². The fraction of sp³-hybridized carbons (Fsp3) is 0.250. The van der Waals surface area contributed by atoms with Crippen LogP contribution >= 0.6 is 43.2 Å². The maximum Gasteiger partial charge on any atom is 0.154 e. The fourth-order valence-corrected chi connectivity index (χ4v) is 2.99. The predicted octanol–water partition coefficient (Wildman–Crippen LogP) is 2.48. The molecule has 4 nitrogen and oxygen atoms in total. The van der Waals surface area contributed by atoms with E-state index in [0.29, 0.717) is 10.3 Å². The van der Waals surface area contributed by atoms with Crippen molar-refractivity contribution in [3.8, 4) is 0 Å². The molecule has 15 heavy (non-hydrogen) atoms. The first kappa shape index (κ1) is 11.3. The van der Waals surface area contributed by atoms with Crippen LogP contribution in [-0.2, 0) is 7.05 Å². The highest BCUT2D eigenvalue weighted by Gasteiger charge is 2.20. The number of aryl methyl sites for hydroxylation is 1. The molecule has 0 bridgehead atoms. The minimum absolute atomic E-state index is 0.569. The monoisotopic (exact) mass is 351 g/mol. The Bertz CT molecular complexity index is 462. The van der Waals surface area contributed by atoms with E-state index < -0.39 is 6.10 Å². The van der Waals surface area contributed by atoms with E-state index in [1.807, 2.05) is 11.4 Å². The number of aliphatic hydroxyl groups excluding tert-OH is 1. The SMILES string of the molecule is Cn1nnc(Br)c1C(O)c1csc(Br)c1. The predicted molar refractivity (Wildman–Crippen MR) is 64.8 cm³/mol. The molecule has 0 radical (unpaired) electrons. The summed E-state index contributed by atoms with van der Waals surface area (Å²) in [5.41, 5.74) is 1.48. The second-order valence-corrected chi connectivity index (χ2v) is 6.02. The molecule has 2 aromatic heterocycles. The summed E-state index contributed by atoms with van der Waals surface area (Å²) in [5, 5.41) is 19.7. The van der Waals surface area contributed by atoms with Crippen LogP contribution in [-0.4, -0.2) is 20.1 Å². The van der Waals surface area contributed by atoms with E-state index in [4.69, 9.17) is 0 Å². The molecule has 0 aromatic carbocycles. The van der Waals surface area contributed by atoms with E-state index in [0.717, 1.165) is 9.35 Å². The van der Waals surface area contributed by atoms with E-state index in [2.05, 4.69) is 42.2 Å². The van der Waals surface area contributed by atoms with E-state index in [-0.39, 0.29) is 0 Å². The van der Waals surface area contributed by atoms with E-state index in [1.165, 1.54) is 11.3 Å². The second-order valence-electron chi connectivity index (χ2n) is 2.98. The van der Waals surface area contributed by atoms with Crippen molar-refractivity contribution in [1.82, 2.24) is 15.0 Å². The summed E-state index contributed by atoms with van der Waals surface area (Å²) in [7, 11) is 1.75. The zero-order valence-corrected chi connectivity index (χ0v) is 11.7. The molecule has 0 fully saturated rings. The Morgan fingerprint density at radius 1 is 1.53 bits per heavy atom. The number of halogens is 2. The van der Waals surface area contributed by atoms with Gasteiger partial charge in [-0.05, 0) is 48.9 Å². The zero-order valence-electron chi connectivity index (χ0n) is 7.69. The summed E-state index contributed by atoms with van der Waals surface area (Å²) in [6.07, 6.45) is -0.707. The van der Waals surface area contributed by atoms with Crippen molar-refractivity contribution in [1.29, 1.82) is 0 Å². The van der Waals surface area contributed by atoms with Crippen LogP contribution in [0.3, 0.4) is 0 Å². The molecule has 0 aliphatic rings. The first-order valence-corrected chi connectivity index (χ1v) is 6.53. The third-order valence-corrected chi connectivity index (χ3v) is 4.08. The average Bonchev–Trinajstić information content (AvgIpc) is 2.73. The Labute approximate surface area is 107 Å². The molecule has 1 N–H and O–H groups in total. The molecule has 1 unspecified atom stereocenters. The quantitative estimate of drug-likeness (QED) is 0.903. The number of aromatic nitrogens is 3. The van der Waals surface area contributed by atoms with Crippen LogP contribution in [0.25, 0.3) is 0 Å². The van der Waals surface area contributed by atoms with Crippen LogP contribution in [0.2, 0.25) is 0 Å². The Balaban J connectivity index is 2.40. The lowest BCUT2D eigenvalue weighted by Gasteiger charge is -2.08. The van der Waals surface area contributed by atoms with Crippen LogP contribution in [0.5, 0.6) is 0 Å². The van der Waals surface area contributed by atoms with Crippen molar-refractivity contribution in [2.75, 3.05) is 0 Å². The van der Waals surface area contributed by atoms with Crippen molar-refractivity contribution in [3.63, 3.8) is 0 Å². The van der Waals surface area contributed by atoms with Gasteiger partial charge in [0.05, 0.1) is 3.79 Å². The third-order valence-electron chi connectivity index (χ3n) is 1.99. The lowest BCUT2D eigenvalue weighted by molar-refractivity contribution is 0.209. The number of hydrogen-bond donors (Lipinski definition) is 1. The molecule has 1 atom stereocenters. The molecule has 0 amide bonds. The number of nitrogens with zero attached hydrogens (tertiary/aromatic N) is 3. The van der Waals surface area contributed by atoms with Gasteiger partial charge in [-0.1, -0.05) is 5.21 Å². The minimum Gasteiger partial charge on any atom is -0.382 e. The second kappa shape index (κ2) is 4.32. The van der Waals surface area contributed by atoms with Gasteiger partial charge >= 0.3 is 0 Å². The smallest absolute Gasteiger partial charge is 0.154 e. The summed E-state index contributed by atoms with van der Waals surface area (Å²) >= 11 is 8.15. The van der Waals surface area contributed by atoms with Crippen molar-refractivity contribution < 1.29 is 5.11 Å². The maximum atomic E-state index is 10.1. The van der Waals surface area contributed by atoms with Gasteiger partial charge in [0.25, 0.3) is 0 Å². The molecular weight excluding hydrogens is 346 g/mol. The summed E-state index contributed by atoms with van der Waals surface area (Å²) in [4.78, 5) is 0. The molecule has 2 heterocycles. The maximum absolute atomic E-state index is 10.1. The van der Waals surface area contributed by atoms with Crippen LogP contribution in [0.1, 0.15) is 17.4 Å². The number of thiophene rings is 1. The molecule has 7 heteroatoms. The highest BCUT2D eigenvalue weighted by Crippen LogP contribution is 2.31. The number of hydrogen-bond acceptors (Lipinski definition) is 4. The highest BCUT2D eigenvalue weighted by atomic mass is 79.9. The van der Waals surface area contributed by atoms with E-state index in [9.17, 15) is 5.11 Å². The normalized spacial score (nSPS) is 13.1. The van der Waals surface area contributed by atoms with Gasteiger partial charge in [0.2, 0.25) is 0 Å². The van der Waals surface area contributed by atoms with Crippen molar-refractivity contribution in [2.45, 2.75) is 6.10 Å². The summed E-state index contributed by atoms with van der Waals surface area (Å²) in [5.74, 6) is 0. The summed E-state index contributed by atoms with van der Waals surface area (Å²) in [6.45, 7) is 0. The molecule has 0 saturated heterocycles. The molecule has 80 valence electrons. The van der Waals surface area contributed by atoms with Crippen LogP contribution in [0, 0.1) is 0 Å². The van der Waals surface area contributed by atoms with Gasteiger partial charge in [-0.3, -0.25) is 0 Å². The molecule has 0 aliphatic heterocycles. The van der Waals surface area contributed by atoms with Crippen molar-refractivity contribution in [2.24, 2.45) is 7.05 Å². The third kappa shape index (κ3) is 2.15. The summed E-state index contributed by atoms with van der Waals surface area (Å²) < 4.78 is 3.11. The average molecular weight is 353 g/mol. The highest BCUT2D eigenvalue weighted by molar-refractivity contribution is 9.11. The van der Waals surface area contributed by atoms with Gasteiger partial charge in [-0.2, -0.15) is 0 Å². The first-order valence-electron chi connectivity index (χ1n) is 4.06. The number of rotatable bonds is 2. The zero-order chi connectivity index (χ0) is 11.0. The molecule has 0 spiro atoms. The first-order chi connectivity index (χ1) is 7.09. The van der Waals surface area contributed by atoms with Crippen molar-refractivity contribution >= 4 is 43.2 Å². The van der Waals surface area contributed by atoms with Gasteiger partial charge in [0, 0.05) is 7.05 Å². The summed E-state index contributed by atoms with van der Waals surface area (Å²) in [6, 6.07) is 1.88. The van der Waals surface area contributed by atoms with E-state index in [1.54, 1.807) is 11.7 Å². The number of aliphatic hydroxyl groups is 1. The lowest BCUT2D eigenvalue weighted by Crippen LogP contribution is -2.06. The molecular formula is C8H7Br2N3OS. The Morgan fingerprint density at radius 3 is 2.73 bits per heavy atom. The van der Waals surface area contributed by atoms with Gasteiger partial charge in [0.15, 0.2) is 4.60 Å². The standard InChI is InChI=1S/C8H7Br2N3OS/c1-13-6(8(10)11-12-13)7(14)4-2-5(9)15-3-4/h2-3,7,14H,1H3. The topological polar surface area (TPSA) is 50.9 Å². The Morgan fingerprint density at radius 2 is 2.27 bits per heavy atom.